The molecule has 3 aromatic carbocycles. The Hall–Kier alpha value is -4.02. The van der Waals surface area contributed by atoms with Gasteiger partial charge < -0.3 is 20.0 Å². The fraction of sp³-hybridized carbons (Fsp3) is 0.250. The van der Waals surface area contributed by atoms with Gasteiger partial charge in [0, 0.05) is 55.9 Å². The van der Waals surface area contributed by atoms with Gasteiger partial charge in [-0.1, -0.05) is 47.5 Å². The highest BCUT2D eigenvalue weighted by Gasteiger charge is 2.20. The number of nitrogens with zero attached hydrogens (tertiary/aromatic N) is 7. The predicted octanol–water partition coefficient (Wildman–Crippen LogP) is 5.71. The molecule has 9 nitrogen and oxygen atoms in total. The van der Waals surface area contributed by atoms with Crippen LogP contribution in [-0.2, 0) is 6.54 Å². The molecule has 5 aromatic rings. The van der Waals surface area contributed by atoms with Crippen LogP contribution >= 0.6 is 23.2 Å². The SMILES string of the molecule is CN(C)Cc1cccc(-c2nn(-c3c(Cl)cccc3Cl)c(=O)c3cnc(Nc4ccc(N5CCN(C)CC5)cc4)nc23)c1. The van der Waals surface area contributed by atoms with Crippen molar-refractivity contribution in [1.29, 1.82) is 0 Å². The fourth-order valence-electron chi connectivity index (χ4n) is 5.25. The largest absolute Gasteiger partial charge is 0.369 e. The summed E-state index contributed by atoms with van der Waals surface area (Å²) >= 11 is 13.0. The van der Waals surface area contributed by atoms with E-state index in [1.54, 1.807) is 18.2 Å². The van der Waals surface area contributed by atoms with Crippen molar-refractivity contribution in [2.45, 2.75) is 6.54 Å². The highest BCUT2D eigenvalue weighted by atomic mass is 35.5. The van der Waals surface area contributed by atoms with E-state index in [4.69, 9.17) is 33.3 Å². The van der Waals surface area contributed by atoms with E-state index in [2.05, 4.69) is 56.3 Å². The number of rotatable bonds is 7. The van der Waals surface area contributed by atoms with Gasteiger partial charge in [-0.05, 0) is 69.2 Å². The van der Waals surface area contributed by atoms with E-state index in [9.17, 15) is 4.79 Å². The lowest BCUT2D eigenvalue weighted by molar-refractivity contribution is 0.313. The Kier molecular flexibility index (Phi) is 8.32. The van der Waals surface area contributed by atoms with Crippen LogP contribution in [0.4, 0.5) is 17.3 Å². The van der Waals surface area contributed by atoms with Crippen molar-refractivity contribution in [3.05, 3.63) is 98.9 Å². The first kappa shape index (κ1) is 29.1. The zero-order chi connectivity index (χ0) is 30.1. The molecular weight excluding hydrogens is 583 g/mol. The maximum absolute atomic E-state index is 13.8. The van der Waals surface area contributed by atoms with Crippen molar-refractivity contribution in [3.8, 4) is 16.9 Å². The first-order valence-corrected chi connectivity index (χ1v) is 14.8. The number of likely N-dealkylation sites (N-methyl/N-ethyl adjacent to an activating group) is 1. The van der Waals surface area contributed by atoms with Gasteiger partial charge in [0.2, 0.25) is 5.95 Å². The smallest absolute Gasteiger partial charge is 0.282 e. The average Bonchev–Trinajstić information content (AvgIpc) is 2.99. The number of hydrogen-bond donors (Lipinski definition) is 1. The number of aromatic nitrogens is 4. The lowest BCUT2D eigenvalue weighted by atomic mass is 10.1. The van der Waals surface area contributed by atoms with Crippen LogP contribution in [0.2, 0.25) is 10.0 Å². The quantitative estimate of drug-likeness (QED) is 0.250. The lowest BCUT2D eigenvalue weighted by Gasteiger charge is -2.34. The van der Waals surface area contributed by atoms with Gasteiger partial charge in [0.25, 0.3) is 5.56 Å². The van der Waals surface area contributed by atoms with Crippen LogP contribution in [0, 0.1) is 0 Å². The van der Waals surface area contributed by atoms with Crippen LogP contribution in [0.1, 0.15) is 5.56 Å². The molecular formula is C32H32Cl2N8O. The summed E-state index contributed by atoms with van der Waals surface area (Å²) in [6.45, 7) is 4.83. The predicted molar refractivity (Wildman–Crippen MR) is 175 cm³/mol. The number of para-hydroxylation sites is 1. The number of anilines is 3. The maximum atomic E-state index is 13.8. The van der Waals surface area contributed by atoms with E-state index in [-0.39, 0.29) is 0 Å². The molecule has 0 radical (unpaired) electrons. The van der Waals surface area contributed by atoms with E-state index >= 15 is 0 Å². The topological polar surface area (TPSA) is 82.4 Å². The number of halogens is 2. The Bertz CT molecular complexity index is 1810. The number of benzene rings is 3. The molecule has 220 valence electrons. The molecule has 0 atom stereocenters. The lowest BCUT2D eigenvalue weighted by Crippen LogP contribution is -2.44. The molecule has 0 saturated carbocycles. The summed E-state index contributed by atoms with van der Waals surface area (Å²) in [7, 11) is 6.18. The zero-order valence-corrected chi connectivity index (χ0v) is 25.8. The van der Waals surface area contributed by atoms with Gasteiger partial charge in [-0.25, -0.2) is 9.97 Å². The summed E-state index contributed by atoms with van der Waals surface area (Å²) in [6.07, 6.45) is 1.53. The summed E-state index contributed by atoms with van der Waals surface area (Å²) < 4.78 is 1.24. The number of piperazine rings is 1. The molecule has 1 N–H and O–H groups in total. The van der Waals surface area contributed by atoms with Crippen LogP contribution in [0.15, 0.2) is 77.7 Å². The molecule has 1 saturated heterocycles. The van der Waals surface area contributed by atoms with Crippen molar-refractivity contribution >= 4 is 51.4 Å². The summed E-state index contributed by atoms with van der Waals surface area (Å²) in [6, 6.07) is 21.4. The van der Waals surface area contributed by atoms with Gasteiger partial charge in [-0.2, -0.15) is 9.78 Å². The minimum Gasteiger partial charge on any atom is -0.369 e. The Morgan fingerprint density at radius 2 is 1.63 bits per heavy atom. The van der Waals surface area contributed by atoms with Gasteiger partial charge in [0.15, 0.2) is 0 Å². The molecule has 2 aromatic heterocycles. The van der Waals surface area contributed by atoms with E-state index < -0.39 is 5.56 Å². The first-order valence-electron chi connectivity index (χ1n) is 14.1. The van der Waals surface area contributed by atoms with E-state index in [1.807, 2.05) is 38.4 Å². The molecule has 0 unspecified atom stereocenters. The monoisotopic (exact) mass is 614 g/mol. The molecule has 43 heavy (non-hydrogen) atoms. The van der Waals surface area contributed by atoms with E-state index in [0.717, 1.165) is 49.5 Å². The summed E-state index contributed by atoms with van der Waals surface area (Å²) in [5.74, 6) is 0.361. The third-order valence-corrected chi connectivity index (χ3v) is 8.09. The second kappa shape index (κ2) is 12.3. The minimum absolute atomic E-state index is 0.301. The van der Waals surface area contributed by atoms with E-state index in [0.29, 0.717) is 38.3 Å². The molecule has 1 aliphatic heterocycles. The third kappa shape index (κ3) is 6.21. The van der Waals surface area contributed by atoms with Crippen molar-refractivity contribution in [3.63, 3.8) is 0 Å². The molecule has 1 fully saturated rings. The molecule has 0 spiro atoms. The van der Waals surface area contributed by atoms with Gasteiger partial charge >= 0.3 is 0 Å². The Morgan fingerprint density at radius 1 is 0.930 bits per heavy atom. The second-order valence-corrected chi connectivity index (χ2v) is 11.8. The van der Waals surface area contributed by atoms with Crippen LogP contribution < -0.4 is 15.8 Å². The van der Waals surface area contributed by atoms with Crippen LogP contribution in [-0.4, -0.2) is 76.9 Å². The Morgan fingerprint density at radius 3 is 2.33 bits per heavy atom. The van der Waals surface area contributed by atoms with Crippen molar-refractivity contribution < 1.29 is 0 Å². The summed E-state index contributed by atoms with van der Waals surface area (Å²) in [5, 5.41) is 9.02. The third-order valence-electron chi connectivity index (χ3n) is 7.48. The summed E-state index contributed by atoms with van der Waals surface area (Å²) in [4.78, 5) is 29.9. The number of hydrogen-bond acceptors (Lipinski definition) is 8. The fourth-order valence-corrected chi connectivity index (χ4v) is 5.81. The molecule has 0 bridgehead atoms. The molecule has 1 aliphatic rings. The van der Waals surface area contributed by atoms with Crippen LogP contribution in [0.3, 0.4) is 0 Å². The van der Waals surface area contributed by atoms with Gasteiger partial charge in [0.05, 0.1) is 15.4 Å². The van der Waals surface area contributed by atoms with Gasteiger partial charge in [-0.15, -0.1) is 0 Å². The molecule has 6 rings (SSSR count). The van der Waals surface area contributed by atoms with Gasteiger partial charge in [-0.3, -0.25) is 4.79 Å². The number of nitrogens with one attached hydrogen (secondary N) is 1. The highest BCUT2D eigenvalue weighted by molar-refractivity contribution is 6.37. The van der Waals surface area contributed by atoms with Crippen molar-refractivity contribution in [2.24, 2.45) is 0 Å². The number of fused-ring (bicyclic) bond motifs is 1. The zero-order valence-electron chi connectivity index (χ0n) is 24.3. The maximum Gasteiger partial charge on any atom is 0.282 e. The molecule has 11 heteroatoms. The Labute approximate surface area is 260 Å². The minimum atomic E-state index is -0.415. The van der Waals surface area contributed by atoms with Crippen molar-refractivity contribution in [2.75, 3.05) is 57.5 Å². The molecule has 0 amide bonds. The van der Waals surface area contributed by atoms with Crippen LogP contribution in [0.25, 0.3) is 27.8 Å². The first-order chi connectivity index (χ1) is 20.8. The van der Waals surface area contributed by atoms with Crippen LogP contribution in [0.5, 0.6) is 0 Å². The van der Waals surface area contributed by atoms with Crippen molar-refractivity contribution in [1.82, 2.24) is 29.5 Å². The normalized spacial score (nSPS) is 14.0. The summed E-state index contributed by atoms with van der Waals surface area (Å²) in [5.41, 5.74) is 4.77. The molecule has 0 aliphatic carbocycles. The highest BCUT2D eigenvalue weighted by Crippen LogP contribution is 2.31. The van der Waals surface area contributed by atoms with E-state index in [1.165, 1.54) is 16.6 Å². The second-order valence-electron chi connectivity index (χ2n) is 11.0. The average molecular weight is 616 g/mol. The van der Waals surface area contributed by atoms with Gasteiger partial charge in [0.1, 0.15) is 16.9 Å². The standard InChI is InChI=1S/C32H32Cl2N8O/c1-39(2)20-21-6-4-7-22(18-21)28-29-25(31(43)42(38-28)30-26(33)8-5-9-27(30)34)19-35-32(37-29)36-23-10-12-24(13-11-23)41-16-14-40(3)15-17-41/h4-13,18-19H,14-17,20H2,1-3H3,(H,35,36,37). The molecule has 3 heterocycles. The Balaban J connectivity index is 1.42.